The molecule has 0 saturated carbocycles. The Morgan fingerprint density at radius 3 is 2.16 bits per heavy atom. The van der Waals surface area contributed by atoms with Gasteiger partial charge in [-0.2, -0.15) is 13.2 Å². The Morgan fingerprint density at radius 2 is 1.74 bits per heavy atom. The van der Waals surface area contributed by atoms with Gasteiger partial charge in [-0.05, 0) is 24.3 Å². The first-order chi connectivity index (χ1) is 8.63. The van der Waals surface area contributed by atoms with Crippen molar-refractivity contribution in [1.82, 2.24) is 5.32 Å². The molecule has 0 fully saturated rings. The summed E-state index contributed by atoms with van der Waals surface area (Å²) in [6, 6.07) is 2.96. The summed E-state index contributed by atoms with van der Waals surface area (Å²) in [5.41, 5.74) is -0.959. The molecule has 0 heterocycles. The van der Waals surface area contributed by atoms with Crippen LogP contribution in [0.15, 0.2) is 29.2 Å². The van der Waals surface area contributed by atoms with E-state index in [0.29, 0.717) is 12.1 Å². The number of alkyl halides is 3. The number of sulfone groups is 1. The summed E-state index contributed by atoms with van der Waals surface area (Å²) < 4.78 is 60.1. The molecule has 0 radical (unpaired) electrons. The second-order valence-electron chi connectivity index (χ2n) is 3.56. The van der Waals surface area contributed by atoms with Gasteiger partial charge in [-0.25, -0.2) is 8.42 Å². The second-order valence-corrected chi connectivity index (χ2v) is 5.66. The highest BCUT2D eigenvalue weighted by Crippen LogP contribution is 2.29. The van der Waals surface area contributed by atoms with Crippen LogP contribution in [-0.2, 0) is 16.0 Å². The van der Waals surface area contributed by atoms with Crippen LogP contribution in [0.4, 0.5) is 18.0 Å². The molecular formula is C10H9F3NO4S-. The molecule has 0 aromatic heterocycles. The van der Waals surface area contributed by atoms with Gasteiger partial charge in [0.15, 0.2) is 9.84 Å². The summed E-state index contributed by atoms with van der Waals surface area (Å²) in [4.78, 5) is 9.73. The van der Waals surface area contributed by atoms with Crippen LogP contribution in [0.3, 0.4) is 0 Å². The van der Waals surface area contributed by atoms with E-state index in [0.717, 1.165) is 12.1 Å². The monoisotopic (exact) mass is 296 g/mol. The average Bonchev–Trinajstić information content (AvgIpc) is 2.27. The molecule has 1 aromatic carbocycles. The van der Waals surface area contributed by atoms with Crippen molar-refractivity contribution >= 4 is 15.9 Å². The fourth-order valence-corrected chi connectivity index (χ4v) is 2.41. The third-order valence-electron chi connectivity index (χ3n) is 2.18. The number of rotatable bonds is 4. The Kier molecular flexibility index (Phi) is 4.40. The van der Waals surface area contributed by atoms with E-state index in [1.807, 2.05) is 0 Å². The van der Waals surface area contributed by atoms with Crippen molar-refractivity contribution in [3.05, 3.63) is 29.8 Å². The minimum atomic E-state index is -4.54. The summed E-state index contributed by atoms with van der Waals surface area (Å²) in [5.74, 6) is -0.563. The lowest BCUT2D eigenvalue weighted by Gasteiger charge is -2.09. The zero-order chi connectivity index (χ0) is 14.7. The van der Waals surface area contributed by atoms with Crippen molar-refractivity contribution in [3.63, 3.8) is 0 Å². The molecule has 19 heavy (non-hydrogen) atoms. The summed E-state index contributed by atoms with van der Waals surface area (Å²) in [6.07, 6.45) is -6.17. The molecule has 9 heteroatoms. The summed E-state index contributed by atoms with van der Waals surface area (Å²) in [7, 11) is -3.84. The van der Waals surface area contributed by atoms with Crippen molar-refractivity contribution in [2.45, 2.75) is 11.1 Å². The predicted octanol–water partition coefficient (Wildman–Crippen LogP) is 0.412. The number of carboxylic acid groups (broad SMARTS) is 1. The van der Waals surface area contributed by atoms with E-state index in [4.69, 9.17) is 0 Å². The lowest BCUT2D eigenvalue weighted by molar-refractivity contribution is -0.250. The molecule has 0 aliphatic rings. The Balaban J connectivity index is 2.82. The molecule has 0 spiro atoms. The van der Waals surface area contributed by atoms with Crippen LogP contribution < -0.4 is 10.4 Å². The van der Waals surface area contributed by atoms with Crippen molar-refractivity contribution in [1.29, 1.82) is 0 Å². The molecule has 5 nitrogen and oxygen atoms in total. The van der Waals surface area contributed by atoms with Crippen LogP contribution in [-0.4, -0.2) is 26.8 Å². The summed E-state index contributed by atoms with van der Waals surface area (Å²) >= 11 is 0. The first-order valence-corrected chi connectivity index (χ1v) is 6.63. The third kappa shape index (κ3) is 4.43. The van der Waals surface area contributed by atoms with E-state index >= 15 is 0 Å². The largest absolute Gasteiger partial charge is 0.530 e. The van der Waals surface area contributed by atoms with Gasteiger partial charge >= 0.3 is 6.18 Å². The first kappa shape index (κ1) is 15.3. The molecular weight excluding hydrogens is 287 g/mol. The number of benzene rings is 1. The minimum absolute atomic E-state index is 0.305. The quantitative estimate of drug-likeness (QED) is 0.872. The maximum Gasteiger partial charge on any atom is 0.416 e. The summed E-state index contributed by atoms with van der Waals surface area (Å²) in [5, 5.41) is 11.8. The van der Waals surface area contributed by atoms with Gasteiger partial charge in [0.1, 0.15) is 6.09 Å². The molecule has 106 valence electrons. The zero-order valence-corrected chi connectivity index (χ0v) is 10.2. The topological polar surface area (TPSA) is 86.3 Å². The van der Waals surface area contributed by atoms with Crippen LogP contribution in [0.1, 0.15) is 5.56 Å². The number of nitrogens with one attached hydrogen (secondary N) is 1. The van der Waals surface area contributed by atoms with E-state index in [1.165, 1.54) is 0 Å². The third-order valence-corrected chi connectivity index (χ3v) is 3.91. The van der Waals surface area contributed by atoms with E-state index in [2.05, 4.69) is 0 Å². The number of hydrogen-bond acceptors (Lipinski definition) is 4. The van der Waals surface area contributed by atoms with Crippen LogP contribution in [0.25, 0.3) is 0 Å². The van der Waals surface area contributed by atoms with Crippen molar-refractivity contribution in [2.24, 2.45) is 0 Å². The Hall–Kier alpha value is -1.77. The molecule has 0 atom stereocenters. The SMILES string of the molecule is O=C([O-])NCCS(=O)(=O)c1ccc(C(F)(F)F)cc1. The van der Waals surface area contributed by atoms with Gasteiger partial charge in [0.2, 0.25) is 0 Å². The normalized spacial score (nSPS) is 12.2. The van der Waals surface area contributed by atoms with Crippen molar-refractivity contribution in [3.8, 4) is 0 Å². The van der Waals surface area contributed by atoms with Gasteiger partial charge in [0.05, 0.1) is 16.2 Å². The predicted molar refractivity (Wildman–Crippen MR) is 56.9 cm³/mol. The lowest BCUT2D eigenvalue weighted by atomic mass is 10.2. The Bertz CT molecular complexity index is 551. The van der Waals surface area contributed by atoms with Crippen LogP contribution in [0, 0.1) is 0 Å². The summed E-state index contributed by atoms with van der Waals surface area (Å²) in [6.45, 7) is -0.397. The Labute approximate surface area is 107 Å². The minimum Gasteiger partial charge on any atom is -0.530 e. The number of carbonyl (C=O) groups is 1. The molecule has 1 rings (SSSR count). The van der Waals surface area contributed by atoms with Crippen molar-refractivity contribution in [2.75, 3.05) is 12.3 Å². The molecule has 1 aromatic rings. The van der Waals surface area contributed by atoms with Crippen molar-refractivity contribution < 1.29 is 31.5 Å². The smallest absolute Gasteiger partial charge is 0.416 e. The Morgan fingerprint density at radius 1 is 1.21 bits per heavy atom. The lowest BCUT2D eigenvalue weighted by Crippen LogP contribution is -2.39. The van der Waals surface area contributed by atoms with E-state index in [9.17, 15) is 31.5 Å². The van der Waals surface area contributed by atoms with Crippen LogP contribution in [0.2, 0.25) is 0 Å². The van der Waals surface area contributed by atoms with Gasteiger partial charge in [0.25, 0.3) is 0 Å². The average molecular weight is 296 g/mol. The number of halogens is 3. The molecule has 0 saturated heterocycles. The molecule has 1 N–H and O–H groups in total. The van der Waals surface area contributed by atoms with Gasteiger partial charge in [-0.15, -0.1) is 0 Å². The van der Waals surface area contributed by atoms with E-state index in [1.54, 1.807) is 5.32 Å². The zero-order valence-electron chi connectivity index (χ0n) is 9.40. The van der Waals surface area contributed by atoms with Crippen LogP contribution >= 0.6 is 0 Å². The highest BCUT2D eigenvalue weighted by atomic mass is 32.2. The highest BCUT2D eigenvalue weighted by molar-refractivity contribution is 7.91. The first-order valence-electron chi connectivity index (χ1n) is 4.98. The maximum atomic E-state index is 12.3. The number of carbonyl (C=O) groups excluding carboxylic acids is 1. The standard InChI is InChI=1S/C10H10F3NO4S/c11-10(12,13)7-1-3-8(4-2-7)19(17,18)6-5-14-9(15)16/h1-4,14H,5-6H2,(H,15,16)/p-1. The second kappa shape index (κ2) is 5.47. The van der Waals surface area contributed by atoms with E-state index < -0.39 is 40.0 Å². The number of amides is 1. The fraction of sp³-hybridized carbons (Fsp3) is 0.300. The van der Waals surface area contributed by atoms with Gasteiger partial charge in [0, 0.05) is 6.54 Å². The molecule has 1 amide bonds. The van der Waals surface area contributed by atoms with E-state index in [-0.39, 0.29) is 4.90 Å². The fourth-order valence-electron chi connectivity index (χ4n) is 1.26. The van der Waals surface area contributed by atoms with Gasteiger partial charge in [-0.3, -0.25) is 0 Å². The van der Waals surface area contributed by atoms with Gasteiger partial charge in [-0.1, -0.05) is 0 Å². The number of hydrogen-bond donors (Lipinski definition) is 1. The maximum absolute atomic E-state index is 12.3. The molecule has 0 bridgehead atoms. The highest BCUT2D eigenvalue weighted by Gasteiger charge is 2.30. The molecule has 0 aliphatic carbocycles. The molecule has 0 unspecified atom stereocenters. The van der Waals surface area contributed by atoms with Crippen LogP contribution in [0.5, 0.6) is 0 Å². The molecule has 0 aliphatic heterocycles. The van der Waals surface area contributed by atoms with Gasteiger partial charge < -0.3 is 15.2 Å².